The fourth-order valence-electron chi connectivity index (χ4n) is 3.01. The maximum atomic E-state index is 11.1. The molecule has 0 spiro atoms. The van der Waals surface area contributed by atoms with Gasteiger partial charge in [0.25, 0.3) is 5.69 Å². The lowest BCUT2D eigenvalue weighted by molar-refractivity contribution is -0.384. The van der Waals surface area contributed by atoms with E-state index in [4.69, 9.17) is 20.6 Å². The third-order valence-corrected chi connectivity index (χ3v) is 5.49. The SMILES string of the molecule is O=[N+]([O-])c1ccc(Cl)c(-c2ccc(/C=N/Nc3nc4nonc4nc3Nc3ccc(Br)cc3)o2)c1. The zero-order chi connectivity index (χ0) is 24.4. The minimum atomic E-state index is -0.503. The van der Waals surface area contributed by atoms with Crippen molar-refractivity contribution in [2.45, 2.75) is 0 Å². The van der Waals surface area contributed by atoms with Gasteiger partial charge in [0.15, 0.2) is 11.6 Å². The summed E-state index contributed by atoms with van der Waals surface area (Å²) in [6.07, 6.45) is 1.41. The molecule has 0 aliphatic carbocycles. The number of hydrogen-bond donors (Lipinski definition) is 2. The fourth-order valence-corrected chi connectivity index (χ4v) is 3.49. The van der Waals surface area contributed by atoms with Gasteiger partial charge in [0.1, 0.15) is 11.5 Å². The number of fused-ring (bicyclic) bond motifs is 1. The van der Waals surface area contributed by atoms with Crippen molar-refractivity contribution in [3.05, 3.63) is 80.0 Å². The van der Waals surface area contributed by atoms with Crippen LogP contribution in [0.4, 0.5) is 23.0 Å². The second-order valence-electron chi connectivity index (χ2n) is 6.96. The van der Waals surface area contributed by atoms with Crippen molar-refractivity contribution in [2.24, 2.45) is 5.10 Å². The highest BCUT2D eigenvalue weighted by molar-refractivity contribution is 9.10. The van der Waals surface area contributed by atoms with Crippen LogP contribution in [0.1, 0.15) is 5.76 Å². The van der Waals surface area contributed by atoms with E-state index in [1.54, 1.807) is 12.1 Å². The number of nitrogens with one attached hydrogen (secondary N) is 2. The molecule has 3 aromatic heterocycles. The fraction of sp³-hybridized carbons (Fsp3) is 0. The molecule has 12 nitrogen and oxygen atoms in total. The Balaban J connectivity index is 1.38. The average Bonchev–Trinajstić information content (AvgIpc) is 3.50. The summed E-state index contributed by atoms with van der Waals surface area (Å²) in [6.45, 7) is 0. The third-order valence-electron chi connectivity index (χ3n) is 4.64. The summed E-state index contributed by atoms with van der Waals surface area (Å²) in [4.78, 5) is 19.3. The van der Waals surface area contributed by atoms with Crippen LogP contribution in [0, 0.1) is 10.1 Å². The lowest BCUT2D eigenvalue weighted by atomic mass is 10.1. The number of furan rings is 1. The zero-order valence-electron chi connectivity index (χ0n) is 17.3. The molecule has 5 rings (SSSR count). The number of nitrogens with zero attached hydrogens (tertiary/aromatic N) is 6. The average molecular weight is 556 g/mol. The van der Waals surface area contributed by atoms with Gasteiger partial charge < -0.3 is 9.73 Å². The molecule has 5 aromatic rings. The molecule has 0 atom stereocenters. The maximum Gasteiger partial charge on any atom is 0.270 e. The van der Waals surface area contributed by atoms with Gasteiger partial charge in [-0.1, -0.05) is 27.5 Å². The van der Waals surface area contributed by atoms with Crippen LogP contribution in [-0.4, -0.2) is 31.4 Å². The van der Waals surface area contributed by atoms with E-state index >= 15 is 0 Å². The number of nitro benzene ring substituents is 1. The van der Waals surface area contributed by atoms with Crippen LogP contribution in [0.15, 0.2) is 73.2 Å². The maximum absolute atomic E-state index is 11.1. The largest absolute Gasteiger partial charge is 0.455 e. The van der Waals surface area contributed by atoms with Crippen molar-refractivity contribution in [2.75, 3.05) is 10.7 Å². The number of aromatic nitrogens is 4. The van der Waals surface area contributed by atoms with E-state index in [9.17, 15) is 10.1 Å². The van der Waals surface area contributed by atoms with Crippen LogP contribution in [0.25, 0.3) is 22.6 Å². The third kappa shape index (κ3) is 4.95. The summed E-state index contributed by atoms with van der Waals surface area (Å²) in [5, 5.41) is 26.1. The highest BCUT2D eigenvalue weighted by Gasteiger charge is 2.15. The Morgan fingerprint density at radius 2 is 1.77 bits per heavy atom. The first-order chi connectivity index (χ1) is 17.0. The van der Waals surface area contributed by atoms with Gasteiger partial charge >= 0.3 is 0 Å². The van der Waals surface area contributed by atoms with Gasteiger partial charge in [-0.25, -0.2) is 9.61 Å². The standard InChI is InChI=1S/C21H12BrClN8O4/c22-11-1-3-12(4-2-11)25-18-19(27-21-20(26-18)29-35-30-21)28-24-10-14-6-8-17(34-14)15-9-13(31(32)33)5-7-16(15)23/h1-10H,(H,25,26,29)(H,27,28,30)/b24-10+. The van der Waals surface area contributed by atoms with Crippen LogP contribution in [0.5, 0.6) is 0 Å². The number of hydrazone groups is 1. The van der Waals surface area contributed by atoms with E-state index in [0.717, 1.165) is 10.2 Å². The van der Waals surface area contributed by atoms with Crippen molar-refractivity contribution in [1.29, 1.82) is 0 Å². The first-order valence-corrected chi connectivity index (χ1v) is 11.0. The number of non-ortho nitro benzene ring substituents is 1. The van der Waals surface area contributed by atoms with Gasteiger partial charge in [0, 0.05) is 27.9 Å². The van der Waals surface area contributed by atoms with Crippen molar-refractivity contribution in [3.63, 3.8) is 0 Å². The minimum absolute atomic E-state index is 0.0974. The van der Waals surface area contributed by atoms with Gasteiger partial charge in [-0.2, -0.15) is 10.1 Å². The molecule has 0 radical (unpaired) electrons. The van der Waals surface area contributed by atoms with Gasteiger partial charge in [0.05, 0.1) is 16.2 Å². The highest BCUT2D eigenvalue weighted by atomic mass is 79.9. The number of rotatable bonds is 7. The Bertz CT molecular complexity index is 1570. The summed E-state index contributed by atoms with van der Waals surface area (Å²) in [5.74, 6) is 1.33. The molecule has 0 bridgehead atoms. The number of benzene rings is 2. The lowest BCUT2D eigenvalue weighted by Gasteiger charge is -2.09. The van der Waals surface area contributed by atoms with E-state index in [1.807, 2.05) is 24.3 Å². The molecule has 35 heavy (non-hydrogen) atoms. The molecule has 0 saturated carbocycles. The van der Waals surface area contributed by atoms with Gasteiger partial charge in [-0.05, 0) is 52.8 Å². The molecule has 0 unspecified atom stereocenters. The monoisotopic (exact) mass is 554 g/mol. The van der Waals surface area contributed by atoms with E-state index in [2.05, 4.69) is 52.1 Å². The van der Waals surface area contributed by atoms with Crippen LogP contribution in [0.3, 0.4) is 0 Å². The minimum Gasteiger partial charge on any atom is -0.455 e. The summed E-state index contributed by atoms with van der Waals surface area (Å²) >= 11 is 9.58. The molecule has 0 amide bonds. The van der Waals surface area contributed by atoms with Crippen molar-refractivity contribution < 1.29 is 14.0 Å². The molecule has 174 valence electrons. The van der Waals surface area contributed by atoms with Gasteiger partial charge in [-0.15, -0.1) is 0 Å². The van der Waals surface area contributed by atoms with E-state index < -0.39 is 4.92 Å². The quantitative estimate of drug-likeness (QED) is 0.143. The second-order valence-corrected chi connectivity index (χ2v) is 8.28. The Morgan fingerprint density at radius 1 is 1.03 bits per heavy atom. The second kappa shape index (κ2) is 9.48. The number of nitro groups is 1. The summed E-state index contributed by atoms with van der Waals surface area (Å²) in [5.41, 5.74) is 4.28. The smallest absolute Gasteiger partial charge is 0.270 e. The molecule has 0 saturated heterocycles. The number of hydrogen-bond acceptors (Lipinski definition) is 11. The highest BCUT2D eigenvalue weighted by Crippen LogP contribution is 2.32. The van der Waals surface area contributed by atoms with Crippen LogP contribution in [0.2, 0.25) is 5.02 Å². The predicted molar refractivity (Wildman–Crippen MR) is 132 cm³/mol. The molecular formula is C21H12BrClN8O4. The van der Waals surface area contributed by atoms with E-state index in [1.165, 1.54) is 24.4 Å². The molecule has 0 fully saturated rings. The molecular weight excluding hydrogens is 544 g/mol. The number of halogens is 2. The Labute approximate surface area is 209 Å². The molecule has 2 aromatic carbocycles. The Morgan fingerprint density at radius 3 is 2.51 bits per heavy atom. The van der Waals surface area contributed by atoms with Crippen LogP contribution < -0.4 is 10.7 Å². The predicted octanol–water partition coefficient (Wildman–Crippen LogP) is 5.79. The van der Waals surface area contributed by atoms with Gasteiger partial charge in [-0.3, -0.25) is 15.5 Å². The lowest BCUT2D eigenvalue weighted by Crippen LogP contribution is -2.03. The van der Waals surface area contributed by atoms with Crippen LogP contribution >= 0.6 is 27.5 Å². The summed E-state index contributed by atoms with van der Waals surface area (Å²) in [6, 6.07) is 14.9. The Hall–Kier alpha value is -4.36. The first kappa shape index (κ1) is 22.4. The summed E-state index contributed by atoms with van der Waals surface area (Å²) in [7, 11) is 0. The van der Waals surface area contributed by atoms with Crippen molar-refractivity contribution >= 4 is 68.1 Å². The normalized spacial score (nSPS) is 11.3. The molecule has 3 heterocycles. The van der Waals surface area contributed by atoms with E-state index in [-0.39, 0.29) is 22.8 Å². The van der Waals surface area contributed by atoms with E-state index in [0.29, 0.717) is 27.9 Å². The summed E-state index contributed by atoms with van der Waals surface area (Å²) < 4.78 is 11.4. The molecule has 14 heteroatoms. The van der Waals surface area contributed by atoms with Crippen molar-refractivity contribution in [1.82, 2.24) is 20.3 Å². The molecule has 0 aliphatic heterocycles. The van der Waals surface area contributed by atoms with Gasteiger partial charge in [0.2, 0.25) is 11.3 Å². The topological polar surface area (TPSA) is 157 Å². The first-order valence-electron chi connectivity index (χ1n) is 9.82. The zero-order valence-corrected chi connectivity index (χ0v) is 19.7. The molecule has 0 aliphatic rings. The Kier molecular flexibility index (Phi) is 6.08. The van der Waals surface area contributed by atoms with Crippen molar-refractivity contribution in [3.8, 4) is 11.3 Å². The van der Waals surface area contributed by atoms with Crippen LogP contribution in [-0.2, 0) is 0 Å². The number of anilines is 3. The molecule has 2 N–H and O–H groups in total.